The highest BCUT2D eigenvalue weighted by molar-refractivity contribution is 5.92. The molecular weight excluding hydrogens is 363 g/mol. The molecule has 1 aliphatic rings. The Morgan fingerprint density at radius 3 is 2.71 bits per heavy atom. The molecule has 0 fully saturated rings. The zero-order valence-corrected chi connectivity index (χ0v) is 16.0. The molecule has 3 nitrogen and oxygen atoms in total. The van der Waals surface area contributed by atoms with Crippen molar-refractivity contribution < 1.29 is 13.2 Å². The van der Waals surface area contributed by atoms with E-state index in [1.165, 1.54) is 30.2 Å². The molecule has 28 heavy (non-hydrogen) atoms. The first-order chi connectivity index (χ1) is 13.4. The number of halogens is 3. The minimum atomic E-state index is -3.18. The van der Waals surface area contributed by atoms with E-state index in [9.17, 15) is 13.2 Å². The van der Waals surface area contributed by atoms with E-state index in [4.69, 9.17) is 0 Å². The number of aryl methyl sites for hydroxylation is 3. The van der Waals surface area contributed by atoms with Gasteiger partial charge in [0.15, 0.2) is 0 Å². The van der Waals surface area contributed by atoms with Gasteiger partial charge in [-0.25, -0.2) is 23.1 Å². The molecule has 0 aliphatic heterocycles. The molecular formula is C22H22F3N3. The van der Waals surface area contributed by atoms with Crippen LogP contribution in [0.2, 0.25) is 0 Å². The normalized spacial score (nSPS) is 13.8. The summed E-state index contributed by atoms with van der Waals surface area (Å²) in [4.78, 5) is 9.08. The number of benzene rings is 2. The molecule has 146 valence electrons. The van der Waals surface area contributed by atoms with Crippen molar-refractivity contribution in [2.75, 3.05) is 5.32 Å². The van der Waals surface area contributed by atoms with Crippen molar-refractivity contribution in [2.45, 2.75) is 52.0 Å². The predicted molar refractivity (Wildman–Crippen MR) is 104 cm³/mol. The Bertz CT molecular complexity index is 1050. The molecule has 1 aliphatic carbocycles. The fourth-order valence-corrected chi connectivity index (χ4v) is 3.88. The Labute approximate surface area is 162 Å². The molecule has 2 aromatic carbocycles. The van der Waals surface area contributed by atoms with Crippen LogP contribution >= 0.6 is 0 Å². The third kappa shape index (κ3) is 3.21. The van der Waals surface area contributed by atoms with Crippen LogP contribution in [-0.2, 0) is 25.3 Å². The van der Waals surface area contributed by atoms with Gasteiger partial charge < -0.3 is 5.32 Å². The van der Waals surface area contributed by atoms with Gasteiger partial charge in [-0.3, -0.25) is 0 Å². The smallest absolute Gasteiger partial charge is 0.275 e. The lowest BCUT2D eigenvalue weighted by Crippen LogP contribution is -2.16. The average Bonchev–Trinajstić information content (AvgIpc) is 3.16. The number of aromatic nitrogens is 2. The second-order valence-corrected chi connectivity index (χ2v) is 7.26. The fourth-order valence-electron chi connectivity index (χ4n) is 3.88. The van der Waals surface area contributed by atoms with Crippen molar-refractivity contribution in [2.24, 2.45) is 0 Å². The van der Waals surface area contributed by atoms with Gasteiger partial charge >= 0.3 is 0 Å². The third-order valence-corrected chi connectivity index (χ3v) is 5.42. The molecule has 4 rings (SSSR count). The third-order valence-electron chi connectivity index (χ3n) is 5.42. The molecule has 1 heterocycles. The molecule has 1 N–H and O–H groups in total. The highest BCUT2D eigenvalue weighted by Gasteiger charge is 2.33. The highest BCUT2D eigenvalue weighted by atomic mass is 19.3. The number of alkyl halides is 2. The first-order valence-corrected chi connectivity index (χ1v) is 9.59. The van der Waals surface area contributed by atoms with Gasteiger partial charge in [-0.05, 0) is 43.4 Å². The van der Waals surface area contributed by atoms with Crippen LogP contribution in [0.25, 0.3) is 10.9 Å². The van der Waals surface area contributed by atoms with E-state index in [-0.39, 0.29) is 12.1 Å². The number of hydrogen-bond donors (Lipinski definition) is 1. The second-order valence-electron chi connectivity index (χ2n) is 7.26. The number of hydrogen-bond acceptors (Lipinski definition) is 3. The van der Waals surface area contributed by atoms with Crippen LogP contribution in [0.15, 0.2) is 30.3 Å². The standard InChI is InChI=1S/C22H22F3N3/c1-3-22(24,25)18-9-5-7-15(19(18)23)12-26-21-17-11-10-14-6-4-8-16(14)20(17)27-13(2)28-21/h5,7,9-11H,3-4,6,8,12H2,1-2H3,(H,26,27,28). The summed E-state index contributed by atoms with van der Waals surface area (Å²) >= 11 is 0. The molecule has 6 heteroatoms. The van der Waals surface area contributed by atoms with Gasteiger partial charge in [-0.15, -0.1) is 0 Å². The van der Waals surface area contributed by atoms with E-state index < -0.39 is 23.7 Å². The molecule has 1 aromatic heterocycles. The van der Waals surface area contributed by atoms with Crippen molar-refractivity contribution >= 4 is 16.7 Å². The molecule has 0 radical (unpaired) electrons. The largest absolute Gasteiger partial charge is 0.365 e. The Kier molecular flexibility index (Phi) is 4.73. The summed E-state index contributed by atoms with van der Waals surface area (Å²) in [7, 11) is 0. The molecule has 0 saturated carbocycles. The number of rotatable bonds is 5. The van der Waals surface area contributed by atoms with Gasteiger partial charge in [0.05, 0.1) is 11.1 Å². The number of anilines is 1. The van der Waals surface area contributed by atoms with Crippen LogP contribution < -0.4 is 5.32 Å². The lowest BCUT2D eigenvalue weighted by atomic mass is 10.0. The van der Waals surface area contributed by atoms with E-state index >= 15 is 0 Å². The Hall–Kier alpha value is -2.63. The van der Waals surface area contributed by atoms with Crippen LogP contribution in [0.1, 0.15) is 47.8 Å². The SMILES string of the molecule is CCC(F)(F)c1cccc(CNc2nc(C)nc3c4c(ccc23)CCC4)c1F. The van der Waals surface area contributed by atoms with E-state index in [2.05, 4.69) is 21.4 Å². The minimum absolute atomic E-state index is 0.0715. The maximum absolute atomic E-state index is 14.7. The summed E-state index contributed by atoms with van der Waals surface area (Å²) in [6.07, 6.45) is 2.72. The maximum atomic E-state index is 14.7. The molecule has 3 aromatic rings. The topological polar surface area (TPSA) is 37.8 Å². The van der Waals surface area contributed by atoms with Gasteiger partial charge in [0.25, 0.3) is 5.92 Å². The summed E-state index contributed by atoms with van der Waals surface area (Å²) in [6.45, 7) is 3.24. The van der Waals surface area contributed by atoms with E-state index in [0.717, 1.165) is 36.2 Å². The molecule has 0 unspecified atom stereocenters. The van der Waals surface area contributed by atoms with E-state index in [1.807, 2.05) is 13.0 Å². The van der Waals surface area contributed by atoms with Gasteiger partial charge in [0.2, 0.25) is 0 Å². The van der Waals surface area contributed by atoms with Gasteiger partial charge in [0.1, 0.15) is 17.5 Å². The summed E-state index contributed by atoms with van der Waals surface area (Å²) in [6, 6.07) is 8.22. The Morgan fingerprint density at radius 2 is 1.93 bits per heavy atom. The molecule has 0 spiro atoms. The van der Waals surface area contributed by atoms with E-state index in [0.29, 0.717) is 11.6 Å². The second kappa shape index (κ2) is 7.08. The molecule has 0 saturated heterocycles. The van der Waals surface area contributed by atoms with Gasteiger partial charge in [-0.1, -0.05) is 31.2 Å². The summed E-state index contributed by atoms with van der Waals surface area (Å²) in [5, 5.41) is 4.01. The molecule has 0 bridgehead atoms. The van der Waals surface area contributed by atoms with Crippen molar-refractivity contribution in [1.29, 1.82) is 0 Å². The lowest BCUT2D eigenvalue weighted by Gasteiger charge is -2.17. The predicted octanol–water partition coefficient (Wildman–Crippen LogP) is 5.68. The van der Waals surface area contributed by atoms with Crippen LogP contribution in [0.4, 0.5) is 19.0 Å². The Balaban J connectivity index is 1.68. The molecule has 0 amide bonds. The summed E-state index contributed by atoms with van der Waals surface area (Å²) < 4.78 is 42.7. The van der Waals surface area contributed by atoms with Crippen molar-refractivity contribution in [3.8, 4) is 0 Å². The van der Waals surface area contributed by atoms with Crippen LogP contribution in [-0.4, -0.2) is 9.97 Å². The average molecular weight is 385 g/mol. The first-order valence-electron chi connectivity index (χ1n) is 9.59. The summed E-state index contributed by atoms with van der Waals surface area (Å²) in [5.74, 6) is -2.82. The number of nitrogens with zero attached hydrogens (tertiary/aromatic N) is 2. The number of fused-ring (bicyclic) bond motifs is 3. The van der Waals surface area contributed by atoms with Gasteiger partial charge in [0, 0.05) is 23.9 Å². The fraction of sp³-hybridized carbons (Fsp3) is 0.364. The van der Waals surface area contributed by atoms with Crippen LogP contribution in [0.5, 0.6) is 0 Å². The zero-order valence-electron chi connectivity index (χ0n) is 16.0. The van der Waals surface area contributed by atoms with Crippen LogP contribution in [0.3, 0.4) is 0 Å². The monoisotopic (exact) mass is 385 g/mol. The van der Waals surface area contributed by atoms with Gasteiger partial charge in [-0.2, -0.15) is 0 Å². The zero-order chi connectivity index (χ0) is 19.9. The van der Waals surface area contributed by atoms with Crippen molar-refractivity contribution in [1.82, 2.24) is 9.97 Å². The maximum Gasteiger partial charge on any atom is 0.275 e. The van der Waals surface area contributed by atoms with Crippen molar-refractivity contribution in [3.63, 3.8) is 0 Å². The molecule has 0 atom stereocenters. The Morgan fingerprint density at radius 1 is 1.11 bits per heavy atom. The highest BCUT2D eigenvalue weighted by Crippen LogP contribution is 2.35. The number of nitrogens with one attached hydrogen (secondary N) is 1. The quantitative estimate of drug-likeness (QED) is 0.614. The van der Waals surface area contributed by atoms with Crippen molar-refractivity contribution in [3.05, 3.63) is 64.2 Å². The summed E-state index contributed by atoms with van der Waals surface area (Å²) in [5.41, 5.74) is 3.13. The lowest BCUT2D eigenvalue weighted by molar-refractivity contribution is -0.0118. The minimum Gasteiger partial charge on any atom is -0.365 e. The van der Waals surface area contributed by atoms with Crippen LogP contribution in [0, 0.1) is 12.7 Å². The first kappa shape index (κ1) is 18.7. The van der Waals surface area contributed by atoms with E-state index in [1.54, 1.807) is 0 Å².